The molecule has 0 saturated carbocycles. The fourth-order valence-electron chi connectivity index (χ4n) is 3.47. The van der Waals surface area contributed by atoms with Crippen LogP contribution in [0.3, 0.4) is 0 Å². The second-order valence-corrected chi connectivity index (χ2v) is 8.38. The first-order chi connectivity index (χ1) is 10.7. The van der Waals surface area contributed by atoms with Crippen LogP contribution in [0, 0.1) is 0 Å². The molecule has 0 N–H and O–H groups in total. The van der Waals surface area contributed by atoms with Crippen molar-refractivity contribution in [2.75, 3.05) is 0 Å². The summed E-state index contributed by atoms with van der Waals surface area (Å²) in [5, 5.41) is 0. The minimum Gasteiger partial charge on any atom is -0.0798 e. The molecular weight excluding hydrogens is 276 g/mol. The molecule has 0 bridgehead atoms. The predicted octanol–water partition coefficient (Wildman–Crippen LogP) is 6.96. The second kappa shape index (κ2) is 6.51. The molecular formula is C23H32. The van der Waals surface area contributed by atoms with Gasteiger partial charge in [-0.15, -0.1) is 0 Å². The maximum absolute atomic E-state index is 2.43. The third-order valence-corrected chi connectivity index (χ3v) is 5.20. The average molecular weight is 309 g/mol. The summed E-state index contributed by atoms with van der Waals surface area (Å²) in [5.74, 6) is 0. The Morgan fingerprint density at radius 3 is 2.13 bits per heavy atom. The summed E-state index contributed by atoms with van der Waals surface area (Å²) in [6.07, 6.45) is 11.3. The van der Waals surface area contributed by atoms with Gasteiger partial charge in [0.2, 0.25) is 0 Å². The largest absolute Gasteiger partial charge is 0.0798 e. The maximum atomic E-state index is 2.43. The Labute approximate surface area is 143 Å². The molecule has 1 aliphatic rings. The molecule has 0 saturated heterocycles. The highest BCUT2D eigenvalue weighted by Gasteiger charge is 2.36. The molecule has 0 amide bonds. The van der Waals surface area contributed by atoms with Gasteiger partial charge in [-0.2, -0.15) is 0 Å². The molecule has 2 rings (SSSR count). The highest BCUT2D eigenvalue weighted by molar-refractivity contribution is 5.75. The topological polar surface area (TPSA) is 0 Å². The van der Waals surface area contributed by atoms with Crippen LogP contribution in [-0.2, 0) is 10.8 Å². The molecule has 1 aliphatic carbocycles. The Balaban J connectivity index is 2.47. The molecule has 0 heterocycles. The third-order valence-electron chi connectivity index (χ3n) is 5.20. The van der Waals surface area contributed by atoms with Crippen molar-refractivity contribution in [3.8, 4) is 0 Å². The van der Waals surface area contributed by atoms with E-state index in [0.29, 0.717) is 0 Å². The number of hydrogen-bond donors (Lipinski definition) is 0. The van der Waals surface area contributed by atoms with Crippen molar-refractivity contribution < 1.29 is 0 Å². The van der Waals surface area contributed by atoms with E-state index in [0.717, 1.165) is 0 Å². The summed E-state index contributed by atoms with van der Waals surface area (Å²) in [4.78, 5) is 0. The fraction of sp³-hybridized carbons (Fsp3) is 0.478. The van der Waals surface area contributed by atoms with Gasteiger partial charge in [-0.25, -0.2) is 0 Å². The SMILES string of the molecule is C/C=C(/C=C\C=C(C)C)c1ccc2c(c1)C(C)(C)CCC2(C)C. The molecule has 0 nitrogen and oxygen atoms in total. The van der Waals surface area contributed by atoms with Crippen LogP contribution in [0.15, 0.2) is 48.1 Å². The Kier molecular flexibility index (Phi) is 5.04. The van der Waals surface area contributed by atoms with E-state index in [-0.39, 0.29) is 10.8 Å². The Morgan fingerprint density at radius 1 is 0.957 bits per heavy atom. The molecule has 0 aromatic heterocycles. The molecule has 0 fully saturated rings. The van der Waals surface area contributed by atoms with E-state index in [1.807, 2.05) is 0 Å². The average Bonchev–Trinajstić information content (AvgIpc) is 2.48. The quantitative estimate of drug-likeness (QED) is 0.529. The highest BCUT2D eigenvalue weighted by Crippen LogP contribution is 2.46. The van der Waals surface area contributed by atoms with Crippen LogP contribution in [0.1, 0.15) is 78.0 Å². The van der Waals surface area contributed by atoms with Crippen molar-refractivity contribution >= 4 is 5.57 Å². The molecule has 1 aromatic rings. The summed E-state index contributed by atoms with van der Waals surface area (Å²) in [6, 6.07) is 7.09. The summed E-state index contributed by atoms with van der Waals surface area (Å²) in [5.41, 5.74) is 7.56. The van der Waals surface area contributed by atoms with Gasteiger partial charge in [-0.05, 0) is 66.7 Å². The summed E-state index contributed by atoms with van der Waals surface area (Å²) < 4.78 is 0. The van der Waals surface area contributed by atoms with Crippen molar-refractivity contribution in [3.05, 3.63) is 64.8 Å². The standard InChI is InChI=1S/C23H32/c1-8-18(11-9-10-17(2)3)19-12-13-20-21(16-19)23(6,7)15-14-22(20,4)5/h8-13,16H,14-15H2,1-7H3/b11-9-,18-8-. The molecule has 0 atom stereocenters. The monoisotopic (exact) mass is 308 g/mol. The third kappa shape index (κ3) is 3.86. The van der Waals surface area contributed by atoms with Gasteiger partial charge in [0.05, 0.1) is 0 Å². The molecule has 0 unspecified atom stereocenters. The number of allylic oxidation sites excluding steroid dienone is 6. The van der Waals surface area contributed by atoms with Gasteiger partial charge in [0.15, 0.2) is 0 Å². The van der Waals surface area contributed by atoms with E-state index >= 15 is 0 Å². The lowest BCUT2D eigenvalue weighted by Crippen LogP contribution is -2.33. The van der Waals surface area contributed by atoms with Crippen molar-refractivity contribution in [2.24, 2.45) is 0 Å². The predicted molar refractivity (Wildman–Crippen MR) is 104 cm³/mol. The molecule has 1 aromatic carbocycles. The first-order valence-corrected chi connectivity index (χ1v) is 8.81. The summed E-state index contributed by atoms with van der Waals surface area (Å²) in [6.45, 7) is 15.9. The molecule has 0 spiro atoms. The summed E-state index contributed by atoms with van der Waals surface area (Å²) in [7, 11) is 0. The number of benzene rings is 1. The van der Waals surface area contributed by atoms with Gasteiger partial charge in [0, 0.05) is 0 Å². The number of fused-ring (bicyclic) bond motifs is 1. The fourth-order valence-corrected chi connectivity index (χ4v) is 3.47. The zero-order valence-electron chi connectivity index (χ0n) is 16.0. The van der Waals surface area contributed by atoms with E-state index in [4.69, 9.17) is 0 Å². The molecule has 124 valence electrons. The Morgan fingerprint density at radius 2 is 1.57 bits per heavy atom. The minimum atomic E-state index is 0.267. The number of hydrogen-bond acceptors (Lipinski definition) is 0. The van der Waals surface area contributed by atoms with Gasteiger partial charge in [0.25, 0.3) is 0 Å². The van der Waals surface area contributed by atoms with Crippen molar-refractivity contribution in [3.63, 3.8) is 0 Å². The smallest absolute Gasteiger partial charge is 0.0100 e. The highest BCUT2D eigenvalue weighted by atomic mass is 14.4. The Hall–Kier alpha value is -1.56. The lowest BCUT2D eigenvalue weighted by molar-refractivity contribution is 0.332. The maximum Gasteiger partial charge on any atom is -0.0100 e. The van der Waals surface area contributed by atoms with Crippen LogP contribution in [0.25, 0.3) is 5.57 Å². The van der Waals surface area contributed by atoms with Crippen molar-refractivity contribution in [1.29, 1.82) is 0 Å². The zero-order chi connectivity index (χ0) is 17.3. The van der Waals surface area contributed by atoms with E-state index in [1.54, 1.807) is 0 Å². The van der Waals surface area contributed by atoms with Crippen LogP contribution >= 0.6 is 0 Å². The van der Waals surface area contributed by atoms with Crippen molar-refractivity contribution in [2.45, 2.75) is 72.1 Å². The van der Waals surface area contributed by atoms with Crippen LogP contribution in [0.5, 0.6) is 0 Å². The van der Waals surface area contributed by atoms with Gasteiger partial charge in [-0.3, -0.25) is 0 Å². The van der Waals surface area contributed by atoms with Gasteiger partial charge >= 0.3 is 0 Å². The zero-order valence-corrected chi connectivity index (χ0v) is 16.0. The molecule has 0 radical (unpaired) electrons. The first-order valence-electron chi connectivity index (χ1n) is 8.81. The Bertz CT molecular complexity index is 659. The molecule has 0 heteroatoms. The van der Waals surface area contributed by atoms with Gasteiger partial charge < -0.3 is 0 Å². The van der Waals surface area contributed by atoms with E-state index in [2.05, 4.69) is 91.0 Å². The minimum absolute atomic E-state index is 0.267. The number of rotatable bonds is 3. The van der Waals surface area contributed by atoms with Gasteiger partial charge in [0.1, 0.15) is 0 Å². The van der Waals surface area contributed by atoms with E-state index in [1.165, 1.54) is 40.7 Å². The van der Waals surface area contributed by atoms with E-state index < -0.39 is 0 Å². The first kappa shape index (κ1) is 17.8. The molecule has 0 aliphatic heterocycles. The van der Waals surface area contributed by atoms with Crippen LogP contribution in [-0.4, -0.2) is 0 Å². The van der Waals surface area contributed by atoms with Crippen LogP contribution < -0.4 is 0 Å². The summed E-state index contributed by atoms with van der Waals surface area (Å²) >= 11 is 0. The lowest BCUT2D eigenvalue weighted by Gasteiger charge is -2.42. The lowest BCUT2D eigenvalue weighted by atomic mass is 9.63. The van der Waals surface area contributed by atoms with E-state index in [9.17, 15) is 0 Å². The van der Waals surface area contributed by atoms with Crippen LogP contribution in [0.4, 0.5) is 0 Å². The van der Waals surface area contributed by atoms with Crippen molar-refractivity contribution in [1.82, 2.24) is 0 Å². The van der Waals surface area contributed by atoms with Gasteiger partial charge in [-0.1, -0.05) is 75.8 Å². The van der Waals surface area contributed by atoms with Crippen LogP contribution in [0.2, 0.25) is 0 Å². The molecule has 23 heavy (non-hydrogen) atoms. The second-order valence-electron chi connectivity index (χ2n) is 8.38. The normalized spacial score (nSPS) is 19.5.